The van der Waals surface area contributed by atoms with Crippen LogP contribution in [-0.4, -0.2) is 39.7 Å². The minimum Gasteiger partial charge on any atom is -0.493 e. The van der Waals surface area contributed by atoms with Crippen molar-refractivity contribution in [1.29, 1.82) is 0 Å². The summed E-state index contributed by atoms with van der Waals surface area (Å²) in [5, 5.41) is 6.18. The van der Waals surface area contributed by atoms with Crippen molar-refractivity contribution >= 4 is 22.8 Å². The Kier molecular flexibility index (Phi) is 8.39. The Labute approximate surface area is 249 Å². The summed E-state index contributed by atoms with van der Waals surface area (Å²) < 4.78 is 23.5. The number of aryl methyl sites for hydroxylation is 1. The molecule has 0 fully saturated rings. The topological polar surface area (TPSA) is 116 Å². The van der Waals surface area contributed by atoms with Gasteiger partial charge < -0.3 is 29.3 Å². The molecule has 1 aliphatic carbocycles. The van der Waals surface area contributed by atoms with Gasteiger partial charge in [-0.1, -0.05) is 36.3 Å². The number of hydrogen-bond donors (Lipinski definition) is 2. The molecule has 0 saturated heterocycles. The third kappa shape index (κ3) is 5.52. The molecule has 9 heteroatoms. The van der Waals surface area contributed by atoms with Crippen LogP contribution in [-0.2, 0) is 22.4 Å². The molecule has 1 heterocycles. The number of carbonyl (C=O) groups is 2. The van der Waals surface area contributed by atoms with Crippen molar-refractivity contribution in [2.24, 2.45) is 0 Å². The molecule has 1 unspecified atom stereocenters. The summed E-state index contributed by atoms with van der Waals surface area (Å²) in [6.07, 6.45) is 6.35. The lowest BCUT2D eigenvalue weighted by atomic mass is 9.94. The van der Waals surface area contributed by atoms with Crippen LogP contribution in [0, 0.1) is 12.3 Å². The molecule has 0 radical (unpaired) electrons. The summed E-state index contributed by atoms with van der Waals surface area (Å²) in [6.45, 7) is 1.51. The summed E-state index contributed by atoms with van der Waals surface area (Å²) in [5.74, 6) is 3.59. The van der Waals surface area contributed by atoms with Crippen molar-refractivity contribution in [3.05, 3.63) is 75.4 Å². The molecule has 1 aliphatic rings. The van der Waals surface area contributed by atoms with Crippen LogP contribution in [0.4, 0.5) is 0 Å². The molecule has 1 aromatic heterocycles. The average Bonchev–Trinajstić information content (AvgIpc) is 3.21. The van der Waals surface area contributed by atoms with Crippen LogP contribution in [0.15, 0.2) is 57.7 Å². The average molecular weight is 581 g/mol. The lowest BCUT2D eigenvalue weighted by molar-refractivity contribution is -0.120. The van der Waals surface area contributed by atoms with Crippen LogP contribution in [0.5, 0.6) is 17.2 Å². The van der Waals surface area contributed by atoms with Gasteiger partial charge in [-0.3, -0.25) is 14.4 Å². The number of methoxy groups -OCH3 is 3. The van der Waals surface area contributed by atoms with E-state index in [-0.39, 0.29) is 35.8 Å². The maximum Gasteiger partial charge on any atom is 0.225 e. The molecular formula is C34H32N2O7. The van der Waals surface area contributed by atoms with Crippen molar-refractivity contribution in [3.8, 4) is 52.0 Å². The minimum absolute atomic E-state index is 0.0653. The fourth-order valence-corrected chi connectivity index (χ4v) is 5.75. The van der Waals surface area contributed by atoms with Crippen molar-refractivity contribution in [2.75, 3.05) is 27.9 Å². The van der Waals surface area contributed by atoms with E-state index in [2.05, 4.69) is 16.6 Å². The van der Waals surface area contributed by atoms with Crippen molar-refractivity contribution < 1.29 is 28.2 Å². The SMILES string of the molecule is C#CCNC(=O)Cc1c(-c2ccccc2)oc2c(=O)cc3c(cc12)-c1c(cc(OC)c(OC)c1OC)CCC3NC(C)=O. The fourth-order valence-electron chi connectivity index (χ4n) is 5.75. The van der Waals surface area contributed by atoms with Gasteiger partial charge in [0.1, 0.15) is 5.76 Å². The standard InChI is InChI=1S/C34H32N2O7/c1-6-14-35-29(39)18-25-24-16-23-22(17-27(38)32(24)43-31(25)20-10-8-7-9-11-20)26(36-19(2)37)13-12-21-15-28(40-3)33(41-4)34(42-5)30(21)23/h1,7-11,15-17,26H,12-14,18H2,2-5H3,(H,35,39)(H,36,37). The van der Waals surface area contributed by atoms with E-state index in [1.165, 1.54) is 27.2 Å². The van der Waals surface area contributed by atoms with Gasteiger partial charge in [-0.15, -0.1) is 6.42 Å². The van der Waals surface area contributed by atoms with Crippen LogP contribution in [0.3, 0.4) is 0 Å². The van der Waals surface area contributed by atoms with Gasteiger partial charge in [0.05, 0.1) is 40.3 Å². The van der Waals surface area contributed by atoms with Crippen LogP contribution in [0.1, 0.15) is 36.1 Å². The van der Waals surface area contributed by atoms with Gasteiger partial charge in [0, 0.05) is 29.0 Å². The smallest absolute Gasteiger partial charge is 0.225 e. The molecule has 220 valence electrons. The van der Waals surface area contributed by atoms with Crippen LogP contribution >= 0.6 is 0 Å². The summed E-state index contributed by atoms with van der Waals surface area (Å²) in [7, 11) is 4.62. The Bertz CT molecular complexity index is 1820. The Balaban J connectivity index is 1.91. The second-order valence-corrected chi connectivity index (χ2v) is 10.2. The van der Waals surface area contributed by atoms with E-state index in [4.69, 9.17) is 25.1 Å². The molecule has 1 atom stereocenters. The molecule has 4 aromatic rings. The number of nitrogens with one attached hydrogen (secondary N) is 2. The van der Waals surface area contributed by atoms with Crippen LogP contribution < -0.4 is 30.3 Å². The number of furan rings is 1. The van der Waals surface area contributed by atoms with Gasteiger partial charge in [-0.2, -0.15) is 0 Å². The van der Waals surface area contributed by atoms with E-state index >= 15 is 0 Å². The molecule has 0 bridgehead atoms. The highest BCUT2D eigenvalue weighted by atomic mass is 16.5. The van der Waals surface area contributed by atoms with Crippen molar-refractivity contribution in [3.63, 3.8) is 0 Å². The highest BCUT2D eigenvalue weighted by molar-refractivity contribution is 5.96. The normalized spacial score (nSPS) is 13.6. The van der Waals surface area contributed by atoms with Crippen molar-refractivity contribution in [2.45, 2.75) is 32.2 Å². The Morgan fingerprint density at radius 3 is 2.44 bits per heavy atom. The minimum atomic E-state index is -0.484. The lowest BCUT2D eigenvalue weighted by Gasteiger charge is -2.20. The van der Waals surface area contributed by atoms with Gasteiger partial charge in [-0.25, -0.2) is 0 Å². The molecule has 9 nitrogen and oxygen atoms in total. The zero-order valence-corrected chi connectivity index (χ0v) is 24.5. The monoisotopic (exact) mass is 580 g/mol. The van der Waals surface area contributed by atoms with Crippen LogP contribution in [0.2, 0.25) is 0 Å². The first-order valence-electron chi connectivity index (χ1n) is 13.8. The molecule has 2 amide bonds. The number of benzene rings is 2. The number of amides is 2. The van der Waals surface area contributed by atoms with Crippen LogP contribution in [0.25, 0.3) is 33.4 Å². The molecule has 3 aromatic carbocycles. The molecule has 5 rings (SSSR count). The highest BCUT2D eigenvalue weighted by Gasteiger charge is 2.31. The van der Waals surface area contributed by atoms with E-state index in [0.29, 0.717) is 69.1 Å². The van der Waals surface area contributed by atoms with E-state index in [0.717, 1.165) is 5.56 Å². The van der Waals surface area contributed by atoms with Gasteiger partial charge >= 0.3 is 0 Å². The third-order valence-electron chi connectivity index (χ3n) is 7.56. The third-order valence-corrected chi connectivity index (χ3v) is 7.56. The van der Waals surface area contributed by atoms with Gasteiger partial charge in [0.2, 0.25) is 23.0 Å². The number of terminal acetylenes is 1. The summed E-state index contributed by atoms with van der Waals surface area (Å²) in [5.41, 5.74) is 3.78. The van der Waals surface area contributed by atoms with Gasteiger partial charge in [0.25, 0.3) is 0 Å². The van der Waals surface area contributed by atoms with Gasteiger partial charge in [0.15, 0.2) is 17.1 Å². The van der Waals surface area contributed by atoms with Gasteiger partial charge in [-0.05, 0) is 47.7 Å². The van der Waals surface area contributed by atoms with E-state index < -0.39 is 6.04 Å². The predicted octanol–water partition coefficient (Wildman–Crippen LogP) is 4.57. The number of fused-ring (bicyclic) bond motifs is 4. The largest absolute Gasteiger partial charge is 0.493 e. The molecule has 43 heavy (non-hydrogen) atoms. The quantitative estimate of drug-likeness (QED) is 0.294. The predicted molar refractivity (Wildman–Crippen MR) is 163 cm³/mol. The lowest BCUT2D eigenvalue weighted by Crippen LogP contribution is -2.26. The molecule has 0 saturated carbocycles. The second-order valence-electron chi connectivity index (χ2n) is 10.2. The molecule has 0 spiro atoms. The first kappa shape index (κ1) is 29.3. The number of hydrogen-bond acceptors (Lipinski definition) is 7. The number of rotatable bonds is 8. The summed E-state index contributed by atoms with van der Waals surface area (Å²) in [4.78, 5) is 39.2. The molecule has 0 aliphatic heterocycles. The maximum absolute atomic E-state index is 13.9. The summed E-state index contributed by atoms with van der Waals surface area (Å²) in [6, 6.07) is 14.0. The molecular weight excluding hydrogens is 548 g/mol. The number of carbonyl (C=O) groups excluding carboxylic acids is 2. The first-order chi connectivity index (χ1) is 20.8. The highest BCUT2D eigenvalue weighted by Crippen LogP contribution is 2.51. The Morgan fingerprint density at radius 1 is 1.05 bits per heavy atom. The van der Waals surface area contributed by atoms with E-state index in [1.54, 1.807) is 7.11 Å². The second kappa shape index (κ2) is 12.3. The summed E-state index contributed by atoms with van der Waals surface area (Å²) >= 11 is 0. The first-order valence-corrected chi connectivity index (χ1v) is 13.8. The maximum atomic E-state index is 13.9. The Hall–Kier alpha value is -5.23. The van der Waals surface area contributed by atoms with E-state index in [9.17, 15) is 14.4 Å². The number of ether oxygens (including phenoxy) is 3. The Morgan fingerprint density at radius 2 is 1.79 bits per heavy atom. The zero-order chi connectivity index (χ0) is 30.7. The molecule has 2 N–H and O–H groups in total. The van der Waals surface area contributed by atoms with Crippen molar-refractivity contribution in [1.82, 2.24) is 10.6 Å². The zero-order valence-electron chi connectivity index (χ0n) is 24.5. The fraction of sp³-hybridized carbons (Fsp3) is 0.265. The van der Waals surface area contributed by atoms with E-state index in [1.807, 2.05) is 42.5 Å².